The molecular weight excluding hydrogens is 491 g/mol. The Balaban J connectivity index is 1.57. The normalized spacial score (nSPS) is 20.8. The maximum absolute atomic E-state index is 13.9. The molecule has 4 rings (SSSR count). The summed E-state index contributed by atoms with van der Waals surface area (Å²) < 4.78 is 0. The average Bonchev–Trinajstić information content (AvgIpc) is 3.53. The summed E-state index contributed by atoms with van der Waals surface area (Å²) in [7, 11) is 1.75. The van der Waals surface area contributed by atoms with E-state index in [-0.39, 0.29) is 29.8 Å². The molecule has 9 heteroatoms. The molecule has 184 valence electrons. The van der Waals surface area contributed by atoms with E-state index in [2.05, 4.69) is 10.6 Å². The molecule has 6 nitrogen and oxygen atoms in total. The predicted molar refractivity (Wildman–Crippen MR) is 138 cm³/mol. The van der Waals surface area contributed by atoms with E-state index >= 15 is 0 Å². The summed E-state index contributed by atoms with van der Waals surface area (Å²) in [6.07, 6.45) is 7.12. The van der Waals surface area contributed by atoms with Crippen LogP contribution < -0.4 is 10.6 Å². The van der Waals surface area contributed by atoms with Gasteiger partial charge in [0, 0.05) is 17.5 Å². The highest BCUT2D eigenvalue weighted by Gasteiger charge is 2.40. The summed E-state index contributed by atoms with van der Waals surface area (Å²) in [4.78, 5) is 33.4. The van der Waals surface area contributed by atoms with E-state index < -0.39 is 6.04 Å². The number of amides is 2. The fourth-order valence-electron chi connectivity index (χ4n) is 4.99. The third kappa shape index (κ3) is 5.43. The Bertz CT molecular complexity index is 1020. The van der Waals surface area contributed by atoms with Gasteiger partial charge in [-0.05, 0) is 51.6 Å². The number of carbonyl (C=O) groups excluding carboxylic acids is 2. The number of hydrogen-bond acceptors (Lipinski definition) is 5. The van der Waals surface area contributed by atoms with Crippen molar-refractivity contribution < 1.29 is 9.59 Å². The van der Waals surface area contributed by atoms with Crippen LogP contribution in [0, 0.1) is 5.92 Å². The molecule has 1 aromatic carbocycles. The van der Waals surface area contributed by atoms with Crippen LogP contribution >= 0.6 is 34.5 Å². The monoisotopic (exact) mass is 522 g/mol. The maximum atomic E-state index is 13.9. The lowest BCUT2D eigenvalue weighted by Gasteiger charge is -2.35. The van der Waals surface area contributed by atoms with Gasteiger partial charge in [0.05, 0.1) is 27.8 Å². The van der Waals surface area contributed by atoms with Gasteiger partial charge in [0.25, 0.3) is 0 Å². The molecule has 0 spiro atoms. The van der Waals surface area contributed by atoms with Crippen molar-refractivity contribution in [3.8, 4) is 11.3 Å². The van der Waals surface area contributed by atoms with Gasteiger partial charge in [-0.2, -0.15) is 0 Å². The first-order valence-electron chi connectivity index (χ1n) is 12.1. The highest BCUT2D eigenvalue weighted by molar-refractivity contribution is 7.10. The van der Waals surface area contributed by atoms with E-state index in [9.17, 15) is 9.59 Å². The second-order valence-corrected chi connectivity index (χ2v) is 10.9. The molecule has 1 saturated carbocycles. The van der Waals surface area contributed by atoms with Crippen LogP contribution in [0.15, 0.2) is 23.6 Å². The molecule has 0 bridgehead atoms. The number of carbonyl (C=O) groups is 2. The first-order chi connectivity index (χ1) is 16.4. The highest BCUT2D eigenvalue weighted by Crippen LogP contribution is 2.39. The topological polar surface area (TPSA) is 74.3 Å². The van der Waals surface area contributed by atoms with Crippen LogP contribution in [0.3, 0.4) is 0 Å². The minimum Gasteiger partial charge on any atom is -0.343 e. The molecule has 2 aromatic rings. The minimum atomic E-state index is -0.494. The predicted octanol–water partition coefficient (Wildman–Crippen LogP) is 5.45. The molecule has 2 amide bonds. The summed E-state index contributed by atoms with van der Waals surface area (Å²) in [6, 6.07) is 4.59. The Morgan fingerprint density at radius 3 is 2.65 bits per heavy atom. The number of likely N-dealkylation sites (tertiary alicyclic amines) is 1. The third-order valence-electron chi connectivity index (χ3n) is 7.08. The van der Waals surface area contributed by atoms with Gasteiger partial charge in [-0.1, -0.05) is 54.6 Å². The summed E-state index contributed by atoms with van der Waals surface area (Å²) >= 11 is 14.2. The Morgan fingerprint density at radius 1 is 1.15 bits per heavy atom. The van der Waals surface area contributed by atoms with Gasteiger partial charge in [-0.25, -0.2) is 4.98 Å². The number of benzene rings is 1. The summed E-state index contributed by atoms with van der Waals surface area (Å²) in [5, 5.41) is 9.92. The van der Waals surface area contributed by atoms with Crippen molar-refractivity contribution in [1.29, 1.82) is 0 Å². The van der Waals surface area contributed by atoms with E-state index in [0.717, 1.165) is 54.8 Å². The smallest absolute Gasteiger partial charge is 0.246 e. The Labute approximate surface area is 215 Å². The number of likely N-dealkylation sites (N-methyl/N-ethyl adjacent to an activating group) is 1. The summed E-state index contributed by atoms with van der Waals surface area (Å²) in [5.74, 6) is 0.0607. The van der Waals surface area contributed by atoms with Crippen LogP contribution in [0.2, 0.25) is 10.0 Å². The van der Waals surface area contributed by atoms with Crippen molar-refractivity contribution in [2.45, 2.75) is 70.0 Å². The van der Waals surface area contributed by atoms with Crippen molar-refractivity contribution >= 4 is 46.4 Å². The van der Waals surface area contributed by atoms with Gasteiger partial charge in [-0.3, -0.25) is 9.59 Å². The number of nitrogens with zero attached hydrogens (tertiary/aromatic N) is 2. The molecule has 2 N–H and O–H groups in total. The molecule has 1 aliphatic heterocycles. The van der Waals surface area contributed by atoms with Crippen LogP contribution in [0.4, 0.5) is 0 Å². The lowest BCUT2D eigenvalue weighted by Crippen LogP contribution is -2.55. The Morgan fingerprint density at radius 2 is 1.91 bits per heavy atom. The quantitative estimate of drug-likeness (QED) is 0.506. The number of halogens is 2. The number of nitrogens with one attached hydrogen (secondary N) is 2. The van der Waals surface area contributed by atoms with E-state index in [1.807, 2.05) is 29.3 Å². The molecule has 2 aliphatic rings. The molecule has 34 heavy (non-hydrogen) atoms. The van der Waals surface area contributed by atoms with Crippen molar-refractivity contribution in [2.24, 2.45) is 5.92 Å². The van der Waals surface area contributed by atoms with E-state index in [0.29, 0.717) is 16.6 Å². The standard InChI is InChI=1S/C25H32Cl2N4O2S/c1-15(28-2)23(32)30-22(16-8-4-3-5-9-16)25(33)31-13-7-12-20(31)24-29-19(14-34-24)17-10-6-11-18(26)21(17)27/h6,10-11,14-16,20,22,28H,3-5,7-9,12-13H2,1-2H3,(H,30,32)/t15-,20-,22-/m0/s1. The van der Waals surface area contributed by atoms with Crippen molar-refractivity contribution in [3.63, 3.8) is 0 Å². The SMILES string of the molecule is CN[C@@H](C)C(=O)N[C@H](C(=O)N1CCC[C@H]1c1nc(-c2cccc(Cl)c2Cl)cs1)C1CCCCC1. The Hall–Kier alpha value is -1.67. The molecule has 3 atom stereocenters. The Kier molecular flexibility index (Phi) is 8.51. The molecule has 1 aromatic heterocycles. The average molecular weight is 524 g/mol. The number of aromatic nitrogens is 1. The second kappa shape index (κ2) is 11.4. The van der Waals surface area contributed by atoms with Crippen LogP contribution in [0.5, 0.6) is 0 Å². The van der Waals surface area contributed by atoms with Crippen LogP contribution in [0.25, 0.3) is 11.3 Å². The van der Waals surface area contributed by atoms with Crippen LogP contribution in [-0.2, 0) is 9.59 Å². The molecule has 1 saturated heterocycles. The van der Waals surface area contributed by atoms with Crippen molar-refractivity contribution in [1.82, 2.24) is 20.5 Å². The zero-order valence-corrected chi connectivity index (χ0v) is 22.0. The number of rotatable bonds is 7. The molecule has 1 aliphatic carbocycles. The van der Waals surface area contributed by atoms with Gasteiger partial charge >= 0.3 is 0 Å². The minimum absolute atomic E-state index is 0.0172. The van der Waals surface area contributed by atoms with Crippen molar-refractivity contribution in [3.05, 3.63) is 38.6 Å². The number of hydrogen-bond donors (Lipinski definition) is 2. The fraction of sp³-hybridized carbons (Fsp3) is 0.560. The number of thiazole rings is 1. The molecular formula is C25H32Cl2N4O2S. The van der Waals surface area contributed by atoms with E-state index in [1.54, 1.807) is 24.5 Å². The van der Waals surface area contributed by atoms with Gasteiger partial charge in [0.2, 0.25) is 11.8 Å². The zero-order chi connectivity index (χ0) is 24.2. The fourth-order valence-corrected chi connectivity index (χ4v) is 6.35. The lowest BCUT2D eigenvalue weighted by atomic mass is 9.83. The molecule has 0 unspecified atom stereocenters. The zero-order valence-electron chi connectivity index (χ0n) is 19.7. The van der Waals surface area contributed by atoms with Crippen molar-refractivity contribution in [2.75, 3.05) is 13.6 Å². The van der Waals surface area contributed by atoms with E-state index in [1.165, 1.54) is 6.42 Å². The molecule has 2 fully saturated rings. The lowest BCUT2D eigenvalue weighted by molar-refractivity contribution is -0.139. The first kappa shape index (κ1) is 25.4. The van der Waals surface area contributed by atoms with Gasteiger partial charge in [0.15, 0.2) is 0 Å². The highest BCUT2D eigenvalue weighted by atomic mass is 35.5. The maximum Gasteiger partial charge on any atom is 0.246 e. The largest absolute Gasteiger partial charge is 0.343 e. The first-order valence-corrected chi connectivity index (χ1v) is 13.7. The summed E-state index contributed by atoms with van der Waals surface area (Å²) in [5.41, 5.74) is 1.56. The second-order valence-electron chi connectivity index (χ2n) is 9.26. The van der Waals surface area contributed by atoms with Gasteiger partial charge in [0.1, 0.15) is 11.0 Å². The molecule has 0 radical (unpaired) electrons. The molecule has 2 heterocycles. The van der Waals surface area contributed by atoms with Gasteiger partial charge in [-0.15, -0.1) is 11.3 Å². The van der Waals surface area contributed by atoms with Crippen LogP contribution in [-0.4, -0.2) is 47.4 Å². The van der Waals surface area contributed by atoms with Gasteiger partial charge < -0.3 is 15.5 Å². The van der Waals surface area contributed by atoms with Crippen LogP contribution in [0.1, 0.15) is 62.9 Å². The van der Waals surface area contributed by atoms with E-state index in [4.69, 9.17) is 28.2 Å². The third-order valence-corrected chi connectivity index (χ3v) is 8.85. The summed E-state index contributed by atoms with van der Waals surface area (Å²) in [6.45, 7) is 2.49.